The van der Waals surface area contributed by atoms with Crippen molar-refractivity contribution >= 4 is 17.5 Å². The number of aromatic hydroxyl groups is 3. The minimum atomic E-state index is -0.664. The van der Waals surface area contributed by atoms with Gasteiger partial charge in [-0.2, -0.15) is 0 Å². The van der Waals surface area contributed by atoms with Crippen molar-refractivity contribution in [3.63, 3.8) is 0 Å². The maximum absolute atomic E-state index is 12.8. The van der Waals surface area contributed by atoms with Gasteiger partial charge in [0.15, 0.2) is 5.76 Å². The lowest BCUT2D eigenvalue weighted by Crippen LogP contribution is -2.00. The Hall–Kier alpha value is -4.33. The van der Waals surface area contributed by atoms with Crippen molar-refractivity contribution < 1.29 is 29.8 Å². The van der Waals surface area contributed by atoms with E-state index < -0.39 is 16.5 Å². The van der Waals surface area contributed by atoms with Gasteiger partial charge in [-0.05, 0) is 17.7 Å². The number of rotatable bonds is 4. The summed E-state index contributed by atoms with van der Waals surface area (Å²) in [6.07, 6.45) is 1.35. The number of ether oxygens (including phenoxy) is 1. The van der Waals surface area contributed by atoms with E-state index in [0.717, 1.165) is 29.8 Å². The van der Waals surface area contributed by atoms with E-state index in [2.05, 4.69) is 0 Å². The SMILES string of the molecule is O=C1C(=Cc2cc([N+](=O)[O-])ccc2O)Oc2cc(O)c(Cc3ccccc3)c(O)c21. The van der Waals surface area contributed by atoms with Gasteiger partial charge in [0.2, 0.25) is 5.78 Å². The summed E-state index contributed by atoms with van der Waals surface area (Å²) in [7, 11) is 0. The van der Waals surface area contributed by atoms with Gasteiger partial charge >= 0.3 is 0 Å². The minimum Gasteiger partial charge on any atom is -0.507 e. The first-order chi connectivity index (χ1) is 14.3. The molecular weight excluding hydrogens is 390 g/mol. The van der Waals surface area contributed by atoms with E-state index >= 15 is 0 Å². The number of hydrogen-bond acceptors (Lipinski definition) is 7. The summed E-state index contributed by atoms with van der Waals surface area (Å²) in [6, 6.07) is 13.7. The highest BCUT2D eigenvalue weighted by molar-refractivity contribution is 6.16. The number of Topliss-reactive ketones (excluding diaryl/α,β-unsaturated/α-hetero) is 1. The molecule has 3 N–H and O–H groups in total. The average Bonchev–Trinajstić information content (AvgIpc) is 3.02. The summed E-state index contributed by atoms with van der Waals surface area (Å²) in [5.41, 5.74) is 0.625. The number of phenolic OH excluding ortho intramolecular Hbond substituents is 3. The van der Waals surface area contributed by atoms with Gasteiger partial charge < -0.3 is 20.1 Å². The molecule has 0 aromatic heterocycles. The Morgan fingerprint density at radius 3 is 2.43 bits per heavy atom. The van der Waals surface area contributed by atoms with Crippen molar-refractivity contribution in [3.05, 3.63) is 92.7 Å². The van der Waals surface area contributed by atoms with Gasteiger partial charge in [0.1, 0.15) is 28.6 Å². The van der Waals surface area contributed by atoms with Crippen molar-refractivity contribution in [1.29, 1.82) is 0 Å². The predicted octanol–water partition coefficient (Wildman–Crippen LogP) is 3.92. The Kier molecular flexibility index (Phi) is 4.59. The third-order valence-electron chi connectivity index (χ3n) is 4.75. The van der Waals surface area contributed by atoms with Crippen LogP contribution in [0.25, 0.3) is 6.08 Å². The number of ketones is 1. The predicted molar refractivity (Wildman–Crippen MR) is 107 cm³/mol. The standard InChI is InChI=1S/C22H15NO7/c24-16-7-6-14(23(28)29)9-13(16)10-19-22(27)20-18(30-19)11-17(25)15(21(20)26)8-12-4-2-1-3-5-12/h1-7,9-11,24-26H,8H2. The number of carbonyl (C=O) groups excluding carboxylic acids is 1. The molecule has 0 bridgehead atoms. The number of nitrogens with zero attached hydrogens (tertiary/aromatic N) is 1. The quantitative estimate of drug-likeness (QED) is 0.341. The van der Waals surface area contributed by atoms with Gasteiger partial charge in [0, 0.05) is 35.7 Å². The first-order valence-electron chi connectivity index (χ1n) is 8.88. The van der Waals surface area contributed by atoms with Crippen molar-refractivity contribution in [1.82, 2.24) is 0 Å². The number of phenols is 3. The van der Waals surface area contributed by atoms with Crippen LogP contribution in [-0.4, -0.2) is 26.0 Å². The number of non-ortho nitro benzene ring substituents is 1. The third-order valence-corrected chi connectivity index (χ3v) is 4.75. The largest absolute Gasteiger partial charge is 0.507 e. The molecule has 8 heteroatoms. The van der Waals surface area contributed by atoms with E-state index in [4.69, 9.17) is 4.74 Å². The number of hydrogen-bond donors (Lipinski definition) is 3. The van der Waals surface area contributed by atoms with Crippen LogP contribution >= 0.6 is 0 Å². The number of benzene rings is 3. The molecule has 1 aliphatic rings. The van der Waals surface area contributed by atoms with Crippen LogP contribution < -0.4 is 4.74 Å². The van der Waals surface area contributed by atoms with E-state index in [-0.39, 0.29) is 51.8 Å². The summed E-state index contributed by atoms with van der Waals surface area (Å²) < 4.78 is 5.46. The molecule has 1 aliphatic heterocycles. The zero-order chi connectivity index (χ0) is 21.4. The van der Waals surface area contributed by atoms with Gasteiger partial charge in [-0.3, -0.25) is 14.9 Å². The minimum absolute atomic E-state index is 0.00794. The van der Waals surface area contributed by atoms with Gasteiger partial charge in [-0.1, -0.05) is 30.3 Å². The molecule has 8 nitrogen and oxygen atoms in total. The van der Waals surface area contributed by atoms with Crippen LogP contribution in [-0.2, 0) is 6.42 Å². The van der Waals surface area contributed by atoms with E-state index in [1.165, 1.54) is 6.07 Å². The summed E-state index contributed by atoms with van der Waals surface area (Å²) in [6.45, 7) is 0. The van der Waals surface area contributed by atoms with Crippen LogP contribution in [0.1, 0.15) is 27.0 Å². The molecule has 4 rings (SSSR count). The second kappa shape index (κ2) is 7.25. The topological polar surface area (TPSA) is 130 Å². The molecule has 0 radical (unpaired) electrons. The van der Waals surface area contributed by atoms with Crippen LogP contribution in [0.2, 0.25) is 0 Å². The third kappa shape index (κ3) is 3.30. The summed E-state index contributed by atoms with van der Waals surface area (Å²) >= 11 is 0. The second-order valence-electron chi connectivity index (χ2n) is 6.70. The number of fused-ring (bicyclic) bond motifs is 1. The highest BCUT2D eigenvalue weighted by Crippen LogP contribution is 2.45. The van der Waals surface area contributed by atoms with Gasteiger partial charge in [0.25, 0.3) is 5.69 Å². The fourth-order valence-electron chi connectivity index (χ4n) is 3.24. The normalized spacial score (nSPS) is 13.9. The van der Waals surface area contributed by atoms with Gasteiger partial charge in [0.05, 0.1) is 4.92 Å². The van der Waals surface area contributed by atoms with Gasteiger partial charge in [-0.15, -0.1) is 0 Å². The zero-order valence-corrected chi connectivity index (χ0v) is 15.4. The smallest absolute Gasteiger partial charge is 0.270 e. The Balaban J connectivity index is 1.73. The fourth-order valence-corrected chi connectivity index (χ4v) is 3.24. The maximum Gasteiger partial charge on any atom is 0.270 e. The van der Waals surface area contributed by atoms with Crippen molar-refractivity contribution in [2.75, 3.05) is 0 Å². The Morgan fingerprint density at radius 1 is 1.00 bits per heavy atom. The average molecular weight is 405 g/mol. The number of carbonyl (C=O) groups is 1. The maximum atomic E-state index is 12.8. The van der Waals surface area contributed by atoms with Gasteiger partial charge in [-0.25, -0.2) is 0 Å². The molecule has 0 fully saturated rings. The lowest BCUT2D eigenvalue weighted by Gasteiger charge is -2.10. The summed E-state index contributed by atoms with van der Waals surface area (Å²) in [4.78, 5) is 23.1. The molecule has 0 saturated carbocycles. The Morgan fingerprint density at radius 2 is 1.73 bits per heavy atom. The second-order valence-corrected chi connectivity index (χ2v) is 6.70. The van der Waals surface area contributed by atoms with E-state index in [1.54, 1.807) is 0 Å². The molecule has 150 valence electrons. The molecule has 0 unspecified atom stereocenters. The molecule has 3 aromatic rings. The molecule has 0 aliphatic carbocycles. The lowest BCUT2D eigenvalue weighted by molar-refractivity contribution is -0.384. The van der Waals surface area contributed by atoms with Crippen molar-refractivity contribution in [3.8, 4) is 23.0 Å². The molecular formula is C22H15NO7. The van der Waals surface area contributed by atoms with Crippen LogP contribution in [0, 0.1) is 10.1 Å². The molecule has 0 amide bonds. The summed E-state index contributed by atoms with van der Waals surface area (Å²) in [5, 5.41) is 41.9. The Bertz CT molecular complexity index is 1220. The highest BCUT2D eigenvalue weighted by Gasteiger charge is 2.34. The molecule has 0 spiro atoms. The molecule has 3 aromatic carbocycles. The Labute approximate surface area is 170 Å². The molecule has 1 heterocycles. The van der Waals surface area contributed by atoms with Crippen LogP contribution in [0.4, 0.5) is 5.69 Å². The van der Waals surface area contributed by atoms with Crippen molar-refractivity contribution in [2.24, 2.45) is 0 Å². The van der Waals surface area contributed by atoms with Crippen molar-refractivity contribution in [2.45, 2.75) is 6.42 Å². The monoisotopic (exact) mass is 405 g/mol. The molecule has 30 heavy (non-hydrogen) atoms. The summed E-state index contributed by atoms with van der Waals surface area (Å²) in [5.74, 6) is -1.86. The van der Waals surface area contributed by atoms with Crippen LogP contribution in [0.15, 0.2) is 60.4 Å². The van der Waals surface area contributed by atoms with E-state index in [9.17, 15) is 30.2 Å². The van der Waals surface area contributed by atoms with E-state index in [1.807, 2.05) is 30.3 Å². The van der Waals surface area contributed by atoms with Crippen LogP contribution in [0.5, 0.6) is 23.0 Å². The highest BCUT2D eigenvalue weighted by atomic mass is 16.6. The van der Waals surface area contributed by atoms with E-state index in [0.29, 0.717) is 0 Å². The van der Waals surface area contributed by atoms with Crippen LogP contribution in [0.3, 0.4) is 0 Å². The number of nitro benzene ring substituents is 1. The zero-order valence-electron chi connectivity index (χ0n) is 15.4. The number of nitro groups is 1. The molecule has 0 atom stereocenters. The lowest BCUT2D eigenvalue weighted by atomic mass is 9.98. The number of allylic oxidation sites excluding steroid dienone is 1. The fraction of sp³-hybridized carbons (Fsp3) is 0.0455. The first kappa shape index (κ1) is 19.0. The first-order valence-corrected chi connectivity index (χ1v) is 8.88. The molecule has 0 saturated heterocycles.